The average Bonchev–Trinajstić information content (AvgIpc) is 3.57. The molecule has 1 N–H and O–H groups in total. The number of carbonyl (C=O) groups excluding carboxylic acids is 2. The number of Topliss-reactive ketones (excluding diaryl/α,β-unsaturated/α-hetero) is 1. The second-order valence-corrected chi connectivity index (χ2v) is 11.3. The van der Waals surface area contributed by atoms with Crippen LogP contribution >= 0.6 is 23.1 Å². The van der Waals surface area contributed by atoms with Crippen LogP contribution in [0.25, 0.3) is 16.5 Å². The fourth-order valence-corrected chi connectivity index (χ4v) is 6.64. The molecule has 0 radical (unpaired) electrons. The van der Waals surface area contributed by atoms with Crippen LogP contribution < -0.4 is 9.64 Å². The SMILES string of the molecule is COc1ccc(/C(O)=C2/C(=O)C(=O)N(c3nnc(SCc4cccc5ccccc45)s3)C2c2cccnc2)cc1F. The Hall–Kier alpha value is -4.61. The molecule has 0 saturated carbocycles. The Morgan fingerprint density at radius 3 is 2.68 bits per heavy atom. The highest BCUT2D eigenvalue weighted by atomic mass is 32.2. The number of ether oxygens (including phenoxy) is 1. The van der Waals surface area contributed by atoms with Crippen molar-refractivity contribution in [1.29, 1.82) is 0 Å². The van der Waals surface area contributed by atoms with Gasteiger partial charge in [-0.05, 0) is 46.2 Å². The maximum absolute atomic E-state index is 14.5. The molecule has 1 saturated heterocycles. The largest absolute Gasteiger partial charge is 0.507 e. The number of hydrogen-bond acceptors (Lipinski definition) is 9. The smallest absolute Gasteiger partial charge is 0.301 e. The Morgan fingerprint density at radius 1 is 1.07 bits per heavy atom. The van der Waals surface area contributed by atoms with Crippen LogP contribution in [0.15, 0.2) is 95.1 Å². The van der Waals surface area contributed by atoms with Crippen molar-refractivity contribution in [1.82, 2.24) is 15.2 Å². The van der Waals surface area contributed by atoms with Gasteiger partial charge in [-0.3, -0.25) is 19.5 Å². The number of nitrogens with zero attached hydrogens (tertiary/aromatic N) is 4. The second kappa shape index (κ2) is 11.1. The summed E-state index contributed by atoms with van der Waals surface area (Å²) in [5, 5.41) is 22.2. The highest BCUT2D eigenvalue weighted by molar-refractivity contribution is 8.00. The number of hydrogen-bond donors (Lipinski definition) is 1. The van der Waals surface area contributed by atoms with E-state index in [1.165, 1.54) is 53.4 Å². The van der Waals surface area contributed by atoms with E-state index in [2.05, 4.69) is 39.4 Å². The summed E-state index contributed by atoms with van der Waals surface area (Å²) in [7, 11) is 1.32. The maximum Gasteiger partial charge on any atom is 0.301 e. The number of ketones is 1. The third-order valence-electron chi connectivity index (χ3n) is 6.70. The molecule has 1 unspecified atom stereocenters. The Morgan fingerprint density at radius 2 is 1.90 bits per heavy atom. The van der Waals surface area contributed by atoms with E-state index < -0.39 is 29.3 Å². The van der Waals surface area contributed by atoms with Crippen LogP contribution in [0.4, 0.5) is 9.52 Å². The molecular formula is C30H21FN4O4S2. The molecule has 1 amide bonds. The summed E-state index contributed by atoms with van der Waals surface area (Å²) < 4.78 is 20.0. The molecule has 3 heterocycles. The molecule has 0 bridgehead atoms. The molecule has 2 aromatic heterocycles. The van der Waals surface area contributed by atoms with E-state index in [1.54, 1.807) is 18.3 Å². The third-order valence-corrected chi connectivity index (χ3v) is 8.81. The molecule has 1 fully saturated rings. The molecule has 8 nitrogen and oxygen atoms in total. The average molecular weight is 585 g/mol. The van der Waals surface area contributed by atoms with Gasteiger partial charge in [-0.2, -0.15) is 0 Å². The van der Waals surface area contributed by atoms with Crippen molar-refractivity contribution in [3.8, 4) is 5.75 Å². The molecule has 1 aliphatic heterocycles. The number of amides is 1. The summed E-state index contributed by atoms with van der Waals surface area (Å²) in [5.41, 5.74) is 1.43. The van der Waals surface area contributed by atoms with Gasteiger partial charge >= 0.3 is 5.91 Å². The van der Waals surface area contributed by atoms with Crippen molar-refractivity contribution in [2.45, 2.75) is 16.1 Å². The standard InChI is InChI=1S/C30H21FN4O4S2/c1-39-23-12-11-18(14-22(23)31)26(36)24-25(19-9-5-13-32-15-19)35(28(38)27(24)37)29-33-34-30(41-29)40-16-20-8-4-7-17-6-2-3-10-21(17)20/h2-15,25,36H,16H2,1H3/b26-24-. The fourth-order valence-electron chi connectivity index (χ4n) is 4.77. The Labute approximate surface area is 242 Å². The lowest BCUT2D eigenvalue weighted by atomic mass is 9.96. The van der Waals surface area contributed by atoms with Gasteiger partial charge in [-0.15, -0.1) is 10.2 Å². The first-order valence-corrected chi connectivity index (χ1v) is 14.2. The van der Waals surface area contributed by atoms with Gasteiger partial charge in [0.2, 0.25) is 5.13 Å². The molecule has 0 spiro atoms. The molecule has 3 aromatic carbocycles. The minimum absolute atomic E-state index is 0.0202. The Kier molecular flexibility index (Phi) is 7.21. The van der Waals surface area contributed by atoms with Crippen LogP contribution in [0.5, 0.6) is 5.75 Å². The number of halogens is 1. The molecule has 5 aromatic rings. The number of thioether (sulfide) groups is 1. The number of benzene rings is 3. The quantitative estimate of drug-likeness (QED) is 0.0798. The first-order valence-electron chi connectivity index (χ1n) is 12.4. The molecule has 41 heavy (non-hydrogen) atoms. The number of rotatable bonds is 7. The van der Waals surface area contributed by atoms with Gasteiger partial charge in [0, 0.05) is 23.7 Å². The minimum Gasteiger partial charge on any atom is -0.507 e. The zero-order chi connectivity index (χ0) is 28.5. The lowest BCUT2D eigenvalue weighted by Crippen LogP contribution is -2.29. The van der Waals surface area contributed by atoms with Gasteiger partial charge in [0.25, 0.3) is 5.78 Å². The molecule has 0 aliphatic carbocycles. The summed E-state index contributed by atoms with van der Waals surface area (Å²) in [6.07, 6.45) is 3.06. The van der Waals surface area contributed by atoms with E-state index in [0.29, 0.717) is 15.7 Å². The third kappa shape index (κ3) is 4.94. The van der Waals surface area contributed by atoms with Crippen LogP contribution in [-0.4, -0.2) is 39.1 Å². The van der Waals surface area contributed by atoms with Crippen LogP contribution in [0.1, 0.15) is 22.7 Å². The van der Waals surface area contributed by atoms with Crippen molar-refractivity contribution in [3.63, 3.8) is 0 Å². The van der Waals surface area contributed by atoms with Gasteiger partial charge in [0.15, 0.2) is 15.9 Å². The lowest BCUT2D eigenvalue weighted by Gasteiger charge is -2.22. The highest BCUT2D eigenvalue weighted by Crippen LogP contribution is 2.44. The number of aliphatic hydroxyl groups is 1. The maximum atomic E-state index is 14.5. The number of methoxy groups -OCH3 is 1. The summed E-state index contributed by atoms with van der Waals surface area (Å²) in [5.74, 6) is -2.43. The second-order valence-electron chi connectivity index (χ2n) is 9.08. The fraction of sp³-hybridized carbons (Fsp3) is 0.100. The van der Waals surface area contributed by atoms with E-state index >= 15 is 0 Å². The normalized spacial score (nSPS) is 16.4. The van der Waals surface area contributed by atoms with Gasteiger partial charge in [-0.1, -0.05) is 71.6 Å². The zero-order valence-corrected chi connectivity index (χ0v) is 23.2. The first kappa shape index (κ1) is 26.6. The van der Waals surface area contributed by atoms with E-state index in [0.717, 1.165) is 22.4 Å². The van der Waals surface area contributed by atoms with Gasteiger partial charge < -0.3 is 9.84 Å². The van der Waals surface area contributed by atoms with Crippen molar-refractivity contribution >= 4 is 56.5 Å². The number of pyridine rings is 1. The summed E-state index contributed by atoms with van der Waals surface area (Å²) in [6.45, 7) is 0. The van der Waals surface area contributed by atoms with Crippen molar-refractivity contribution < 1.29 is 23.8 Å². The molecule has 204 valence electrons. The zero-order valence-electron chi connectivity index (χ0n) is 21.5. The van der Waals surface area contributed by atoms with Gasteiger partial charge in [0.1, 0.15) is 5.76 Å². The Bertz CT molecular complexity index is 1820. The van der Waals surface area contributed by atoms with E-state index in [1.807, 2.05) is 18.2 Å². The Balaban J connectivity index is 1.36. The van der Waals surface area contributed by atoms with Crippen molar-refractivity contribution in [3.05, 3.63) is 113 Å². The molecular weight excluding hydrogens is 563 g/mol. The molecule has 6 rings (SSSR count). The highest BCUT2D eigenvalue weighted by Gasteiger charge is 2.48. The molecule has 1 aliphatic rings. The number of aromatic nitrogens is 3. The predicted molar refractivity (Wildman–Crippen MR) is 155 cm³/mol. The van der Waals surface area contributed by atoms with E-state index in [9.17, 15) is 19.1 Å². The lowest BCUT2D eigenvalue weighted by molar-refractivity contribution is -0.132. The summed E-state index contributed by atoms with van der Waals surface area (Å²) in [6, 6.07) is 20.3. The monoisotopic (exact) mass is 584 g/mol. The van der Waals surface area contributed by atoms with Crippen LogP contribution in [0.3, 0.4) is 0 Å². The summed E-state index contributed by atoms with van der Waals surface area (Å²) in [4.78, 5) is 32.1. The molecule has 1 atom stereocenters. The van der Waals surface area contributed by atoms with Crippen LogP contribution in [0, 0.1) is 5.82 Å². The number of aliphatic hydroxyl groups excluding tert-OH is 1. The summed E-state index contributed by atoms with van der Waals surface area (Å²) >= 11 is 2.64. The molecule has 11 heteroatoms. The predicted octanol–water partition coefficient (Wildman–Crippen LogP) is 6.15. The topological polar surface area (TPSA) is 106 Å². The van der Waals surface area contributed by atoms with Crippen molar-refractivity contribution in [2.75, 3.05) is 12.0 Å². The number of fused-ring (bicyclic) bond motifs is 1. The van der Waals surface area contributed by atoms with Gasteiger partial charge in [0.05, 0.1) is 18.7 Å². The minimum atomic E-state index is -1.04. The van der Waals surface area contributed by atoms with E-state index in [-0.39, 0.29) is 22.0 Å². The van der Waals surface area contributed by atoms with Crippen molar-refractivity contribution in [2.24, 2.45) is 0 Å². The number of anilines is 1. The van der Waals surface area contributed by atoms with Crippen LogP contribution in [-0.2, 0) is 15.3 Å². The first-order chi connectivity index (χ1) is 20.0. The van der Waals surface area contributed by atoms with Gasteiger partial charge in [-0.25, -0.2) is 4.39 Å². The van der Waals surface area contributed by atoms with Crippen LogP contribution in [0.2, 0.25) is 0 Å². The number of carbonyl (C=O) groups is 2. The van der Waals surface area contributed by atoms with E-state index in [4.69, 9.17) is 4.74 Å².